The number of Topliss-reactive ketones (excluding diaryl/α,β-unsaturated/α-hetero) is 2. The minimum Gasteiger partial charge on any atom is -0.299 e. The monoisotopic (exact) mass is 476 g/mol. The summed E-state index contributed by atoms with van der Waals surface area (Å²) < 4.78 is 0. The van der Waals surface area contributed by atoms with Crippen LogP contribution in [0.5, 0.6) is 0 Å². The van der Waals surface area contributed by atoms with Gasteiger partial charge in [-0.2, -0.15) is 10.5 Å². The Morgan fingerprint density at radius 2 is 1.80 bits per heavy atom. The molecule has 0 spiro atoms. The fourth-order valence-electron chi connectivity index (χ4n) is 9.75. The van der Waals surface area contributed by atoms with Gasteiger partial charge in [0.25, 0.3) is 0 Å². The summed E-state index contributed by atoms with van der Waals surface area (Å²) in [5.41, 5.74) is 0.0972. The maximum absolute atomic E-state index is 14.1. The number of fused-ring (bicyclic) bond motifs is 5. The molecular weight excluding hydrogens is 432 g/mol. The molecule has 3 saturated carbocycles. The molecule has 0 heterocycles. The number of hydrogen-bond donors (Lipinski definition) is 0. The zero-order chi connectivity index (χ0) is 25.8. The molecule has 8 atom stereocenters. The van der Waals surface area contributed by atoms with Crippen LogP contribution in [-0.2, 0) is 9.59 Å². The number of nitriles is 2. The van der Waals surface area contributed by atoms with Crippen molar-refractivity contribution < 1.29 is 9.59 Å². The van der Waals surface area contributed by atoms with Gasteiger partial charge in [0.1, 0.15) is 11.9 Å². The molecule has 0 N–H and O–H groups in total. The van der Waals surface area contributed by atoms with Crippen molar-refractivity contribution in [2.45, 2.75) is 106 Å². The molecule has 0 aromatic carbocycles. The van der Waals surface area contributed by atoms with Crippen LogP contribution in [0.4, 0.5) is 0 Å². The predicted octanol–water partition coefficient (Wildman–Crippen LogP) is 7.20. The SMILES string of the molecule is C[C@@H]1C(=O)C(C#N)=C[C@]2(C)[C@H]3CC(=O)[C@H]4C(CC(C)(C)CCCC#N)CCC[C@@]4(C)[C@]3(C)CC[C@@H]12. The minimum absolute atomic E-state index is 0.0115. The third kappa shape index (κ3) is 3.91. The summed E-state index contributed by atoms with van der Waals surface area (Å²) in [6.45, 7) is 13.7. The Morgan fingerprint density at radius 3 is 2.46 bits per heavy atom. The molecule has 0 amide bonds. The highest BCUT2D eigenvalue weighted by molar-refractivity contribution is 6.01. The highest BCUT2D eigenvalue weighted by Crippen LogP contribution is 2.72. The van der Waals surface area contributed by atoms with Crippen LogP contribution < -0.4 is 0 Å². The molecule has 4 rings (SSSR count). The van der Waals surface area contributed by atoms with Crippen LogP contribution in [0.3, 0.4) is 0 Å². The topological polar surface area (TPSA) is 81.7 Å². The van der Waals surface area contributed by atoms with Crippen LogP contribution in [0.1, 0.15) is 106 Å². The van der Waals surface area contributed by atoms with E-state index in [1.165, 1.54) is 0 Å². The molecule has 4 nitrogen and oxygen atoms in total. The largest absolute Gasteiger partial charge is 0.299 e. The van der Waals surface area contributed by atoms with E-state index < -0.39 is 0 Å². The van der Waals surface area contributed by atoms with Crippen molar-refractivity contribution in [1.29, 1.82) is 10.5 Å². The number of hydrogen-bond acceptors (Lipinski definition) is 4. The summed E-state index contributed by atoms with van der Waals surface area (Å²) in [6, 6.07) is 4.47. The quantitative estimate of drug-likeness (QED) is 0.393. The number of rotatable bonds is 5. The summed E-state index contributed by atoms with van der Waals surface area (Å²) >= 11 is 0. The third-order valence-electron chi connectivity index (χ3n) is 11.6. The van der Waals surface area contributed by atoms with Crippen molar-refractivity contribution >= 4 is 11.6 Å². The first-order valence-electron chi connectivity index (χ1n) is 13.9. The van der Waals surface area contributed by atoms with Gasteiger partial charge in [-0.15, -0.1) is 0 Å². The van der Waals surface area contributed by atoms with Crippen molar-refractivity contribution in [3.63, 3.8) is 0 Å². The van der Waals surface area contributed by atoms with Gasteiger partial charge in [-0.25, -0.2) is 0 Å². The van der Waals surface area contributed by atoms with Crippen molar-refractivity contribution in [3.05, 3.63) is 11.6 Å². The number of nitrogens with zero attached hydrogens (tertiary/aromatic N) is 2. The predicted molar refractivity (Wildman–Crippen MR) is 137 cm³/mol. The Bertz CT molecular complexity index is 1010. The van der Waals surface area contributed by atoms with Crippen molar-refractivity contribution in [3.8, 4) is 12.1 Å². The summed E-state index contributed by atoms with van der Waals surface area (Å²) in [5, 5.41) is 18.7. The van der Waals surface area contributed by atoms with Gasteiger partial charge in [0.15, 0.2) is 5.78 Å². The number of allylic oxidation sites excluding steroid dienone is 2. The molecule has 0 aromatic rings. The zero-order valence-corrected chi connectivity index (χ0v) is 22.7. The smallest absolute Gasteiger partial charge is 0.176 e. The fraction of sp³-hybridized carbons (Fsp3) is 0.806. The first kappa shape index (κ1) is 26.1. The fourth-order valence-corrected chi connectivity index (χ4v) is 9.75. The molecule has 190 valence electrons. The van der Waals surface area contributed by atoms with Crippen LogP contribution in [0.25, 0.3) is 0 Å². The molecule has 0 radical (unpaired) electrons. The molecule has 0 saturated heterocycles. The molecule has 35 heavy (non-hydrogen) atoms. The third-order valence-corrected chi connectivity index (χ3v) is 11.6. The first-order valence-corrected chi connectivity index (χ1v) is 13.9. The van der Waals surface area contributed by atoms with E-state index in [4.69, 9.17) is 5.26 Å². The number of unbranched alkanes of at least 4 members (excludes halogenated alkanes) is 1. The lowest BCUT2D eigenvalue weighted by Crippen LogP contribution is -2.65. The molecule has 0 aliphatic heterocycles. The Labute approximate surface area is 212 Å². The van der Waals surface area contributed by atoms with E-state index >= 15 is 0 Å². The van der Waals surface area contributed by atoms with Gasteiger partial charge in [0, 0.05) is 24.7 Å². The average molecular weight is 477 g/mol. The van der Waals surface area contributed by atoms with Crippen LogP contribution in [0.15, 0.2) is 11.6 Å². The molecule has 0 aromatic heterocycles. The van der Waals surface area contributed by atoms with E-state index in [2.05, 4.69) is 46.8 Å². The molecule has 4 heteroatoms. The maximum atomic E-state index is 14.1. The minimum atomic E-state index is -0.293. The summed E-state index contributed by atoms with van der Waals surface area (Å²) in [6.07, 6.45) is 11.6. The van der Waals surface area contributed by atoms with Crippen molar-refractivity contribution in [1.82, 2.24) is 0 Å². The average Bonchev–Trinajstić information content (AvgIpc) is 2.78. The van der Waals surface area contributed by atoms with Gasteiger partial charge in [0.05, 0.1) is 11.6 Å². The summed E-state index contributed by atoms with van der Waals surface area (Å²) in [7, 11) is 0. The molecule has 0 bridgehead atoms. The lowest BCUT2D eigenvalue weighted by molar-refractivity contribution is -0.197. The first-order chi connectivity index (χ1) is 16.3. The second-order valence-electron chi connectivity index (χ2n) is 13.9. The van der Waals surface area contributed by atoms with Crippen LogP contribution in [-0.4, -0.2) is 11.6 Å². The van der Waals surface area contributed by atoms with Gasteiger partial charge in [-0.3, -0.25) is 9.59 Å². The van der Waals surface area contributed by atoms with E-state index in [1.54, 1.807) is 0 Å². The van der Waals surface area contributed by atoms with Crippen molar-refractivity contribution in [2.75, 3.05) is 0 Å². The molecule has 4 aliphatic carbocycles. The summed E-state index contributed by atoms with van der Waals surface area (Å²) in [5.74, 6) is 1.12. The molecular formula is C31H44N2O2. The van der Waals surface area contributed by atoms with Crippen LogP contribution in [0.2, 0.25) is 0 Å². The Hall–Kier alpha value is -1.94. The van der Waals surface area contributed by atoms with Gasteiger partial charge >= 0.3 is 0 Å². The van der Waals surface area contributed by atoms with Crippen LogP contribution in [0, 0.1) is 73.9 Å². The van der Waals surface area contributed by atoms with Crippen LogP contribution >= 0.6 is 0 Å². The van der Waals surface area contributed by atoms with E-state index in [-0.39, 0.29) is 51.1 Å². The van der Waals surface area contributed by atoms with E-state index in [0.717, 1.165) is 51.4 Å². The van der Waals surface area contributed by atoms with E-state index in [1.807, 2.05) is 13.0 Å². The van der Waals surface area contributed by atoms with Gasteiger partial charge in [-0.05, 0) is 84.4 Å². The maximum Gasteiger partial charge on any atom is 0.176 e. The Balaban J connectivity index is 1.70. The second-order valence-corrected chi connectivity index (χ2v) is 13.9. The highest BCUT2D eigenvalue weighted by atomic mass is 16.1. The van der Waals surface area contributed by atoms with E-state index in [0.29, 0.717) is 30.1 Å². The Kier molecular flexibility index (Phi) is 6.62. The lowest BCUT2D eigenvalue weighted by Gasteiger charge is -2.69. The van der Waals surface area contributed by atoms with Gasteiger partial charge in [0.2, 0.25) is 0 Å². The lowest BCUT2D eigenvalue weighted by atomic mass is 9.34. The normalized spacial score (nSPS) is 43.2. The number of carbonyl (C=O) groups is 2. The zero-order valence-electron chi connectivity index (χ0n) is 22.7. The highest BCUT2D eigenvalue weighted by Gasteiger charge is 2.68. The molecule has 1 unspecified atom stereocenters. The molecule has 3 fully saturated rings. The standard InChI is InChI=1S/C31H44N2O2/c1-20-23-11-14-30(5)25(29(23,4)18-22(19-33)27(20)35)16-24(34)26-21(10-9-13-31(26,30)6)17-28(2,3)12-7-8-15-32/h18,20-21,23,25-26H,7-14,16-17H2,1-6H3/t20-,21?,23-,25+,26+,29-,30+,31+/m0/s1. The molecule has 4 aliphatic rings. The van der Waals surface area contributed by atoms with Crippen molar-refractivity contribution in [2.24, 2.45) is 51.2 Å². The van der Waals surface area contributed by atoms with Gasteiger partial charge < -0.3 is 0 Å². The Morgan fingerprint density at radius 1 is 1.09 bits per heavy atom. The second kappa shape index (κ2) is 8.87. The number of ketones is 2. The summed E-state index contributed by atoms with van der Waals surface area (Å²) in [4.78, 5) is 26.9. The van der Waals surface area contributed by atoms with E-state index in [9.17, 15) is 14.9 Å². The van der Waals surface area contributed by atoms with Gasteiger partial charge in [-0.1, -0.05) is 54.0 Å². The number of carbonyl (C=O) groups excluding carboxylic acids is 2.